The van der Waals surface area contributed by atoms with Gasteiger partial charge < -0.3 is 10.1 Å². The van der Waals surface area contributed by atoms with Gasteiger partial charge in [-0.05, 0) is 25.1 Å². The Bertz CT molecular complexity index is 525. The molecule has 0 bridgehead atoms. The molecule has 18 heavy (non-hydrogen) atoms. The summed E-state index contributed by atoms with van der Waals surface area (Å²) in [6, 6.07) is 4.55. The predicted octanol–water partition coefficient (Wildman–Crippen LogP) is 0.545. The third-order valence-corrected chi connectivity index (χ3v) is 2.46. The predicted molar refractivity (Wildman–Crippen MR) is 63.4 cm³/mol. The highest BCUT2D eigenvalue weighted by Crippen LogP contribution is 2.20. The van der Waals surface area contributed by atoms with Gasteiger partial charge in [0, 0.05) is 12.3 Å². The zero-order valence-corrected chi connectivity index (χ0v) is 9.78. The number of hydrogen-bond donors (Lipinski definition) is 2. The second-order valence-electron chi connectivity index (χ2n) is 3.73. The third-order valence-electron chi connectivity index (χ3n) is 2.46. The number of nitrogens with one attached hydrogen (secondary N) is 2. The van der Waals surface area contributed by atoms with Gasteiger partial charge >= 0.3 is 0 Å². The van der Waals surface area contributed by atoms with Crippen molar-refractivity contribution in [3.05, 3.63) is 29.3 Å². The molecular weight excluding hydrogens is 236 g/mol. The van der Waals surface area contributed by atoms with Crippen molar-refractivity contribution in [3.63, 3.8) is 0 Å². The minimum atomic E-state index is -0.448. The number of benzene rings is 1. The first kappa shape index (κ1) is 12.3. The van der Waals surface area contributed by atoms with Gasteiger partial charge in [0.2, 0.25) is 5.91 Å². The number of imide groups is 1. The molecule has 2 N–H and O–H groups in total. The van der Waals surface area contributed by atoms with E-state index in [1.54, 1.807) is 13.0 Å². The fraction of sp³-hybridized carbons (Fsp3) is 0.250. The Morgan fingerprint density at radius 1 is 1.28 bits per heavy atom. The summed E-state index contributed by atoms with van der Waals surface area (Å²) in [6.07, 6.45) is 0. The van der Waals surface area contributed by atoms with Gasteiger partial charge in [0.05, 0.1) is 11.1 Å². The van der Waals surface area contributed by atoms with E-state index < -0.39 is 11.8 Å². The van der Waals surface area contributed by atoms with Crippen molar-refractivity contribution in [2.45, 2.75) is 6.92 Å². The smallest absolute Gasteiger partial charge is 0.259 e. The lowest BCUT2D eigenvalue weighted by Crippen LogP contribution is -2.20. The van der Waals surface area contributed by atoms with Crippen LogP contribution in [0.25, 0.3) is 0 Å². The summed E-state index contributed by atoms with van der Waals surface area (Å²) in [6.45, 7) is 2.20. The number of hydrogen-bond acceptors (Lipinski definition) is 4. The van der Waals surface area contributed by atoms with E-state index in [9.17, 15) is 14.4 Å². The van der Waals surface area contributed by atoms with Crippen LogP contribution in [0.3, 0.4) is 0 Å². The van der Waals surface area contributed by atoms with Crippen molar-refractivity contribution >= 4 is 23.4 Å². The number of ether oxygens (including phenoxy) is 1. The molecule has 1 aromatic rings. The quantitative estimate of drug-likeness (QED) is 0.762. The lowest BCUT2D eigenvalue weighted by molar-refractivity contribution is -0.120. The first-order valence-electron chi connectivity index (χ1n) is 5.49. The van der Waals surface area contributed by atoms with Crippen LogP contribution >= 0.6 is 0 Å². The van der Waals surface area contributed by atoms with Crippen molar-refractivity contribution in [3.8, 4) is 0 Å². The molecule has 0 radical (unpaired) electrons. The van der Waals surface area contributed by atoms with E-state index in [0.717, 1.165) is 0 Å². The van der Waals surface area contributed by atoms with Crippen LogP contribution in [-0.4, -0.2) is 30.9 Å². The average Bonchev–Trinajstić information content (AvgIpc) is 2.62. The van der Waals surface area contributed by atoms with Crippen LogP contribution in [0.1, 0.15) is 27.6 Å². The molecule has 1 heterocycles. The summed E-state index contributed by atoms with van der Waals surface area (Å²) in [7, 11) is 0. The molecule has 0 spiro atoms. The number of anilines is 1. The first-order valence-corrected chi connectivity index (χ1v) is 5.49. The highest BCUT2D eigenvalue weighted by atomic mass is 16.5. The maximum atomic E-state index is 11.4. The van der Waals surface area contributed by atoms with E-state index in [2.05, 4.69) is 10.6 Å². The summed E-state index contributed by atoms with van der Waals surface area (Å²) in [5.41, 5.74) is 1.06. The lowest BCUT2D eigenvalue weighted by atomic mass is 10.1. The Kier molecular flexibility index (Phi) is 3.38. The monoisotopic (exact) mass is 248 g/mol. The Morgan fingerprint density at radius 3 is 2.72 bits per heavy atom. The molecule has 6 nitrogen and oxygen atoms in total. The molecule has 3 amide bonds. The summed E-state index contributed by atoms with van der Waals surface area (Å²) in [5, 5.41) is 4.77. The van der Waals surface area contributed by atoms with E-state index in [1.807, 2.05) is 0 Å². The van der Waals surface area contributed by atoms with Gasteiger partial charge in [-0.2, -0.15) is 0 Å². The number of carbonyl (C=O) groups excluding carboxylic acids is 3. The van der Waals surface area contributed by atoms with Crippen LogP contribution < -0.4 is 10.6 Å². The molecular formula is C12H12N2O4. The lowest BCUT2D eigenvalue weighted by Gasteiger charge is -2.05. The van der Waals surface area contributed by atoms with Crippen LogP contribution in [0, 0.1) is 0 Å². The largest absolute Gasteiger partial charge is 0.372 e. The normalized spacial score (nSPS) is 13.2. The maximum absolute atomic E-state index is 11.4. The van der Waals surface area contributed by atoms with Crippen LogP contribution in [0.5, 0.6) is 0 Å². The van der Waals surface area contributed by atoms with Crippen LogP contribution in [0.4, 0.5) is 5.69 Å². The Hall–Kier alpha value is -2.21. The minimum absolute atomic E-state index is 0.0429. The number of fused-ring (bicyclic) bond motifs is 1. The van der Waals surface area contributed by atoms with E-state index in [1.165, 1.54) is 12.1 Å². The van der Waals surface area contributed by atoms with E-state index >= 15 is 0 Å². The van der Waals surface area contributed by atoms with Gasteiger partial charge in [0.15, 0.2) is 0 Å². The molecule has 0 saturated carbocycles. The van der Waals surface area contributed by atoms with Crippen molar-refractivity contribution in [1.29, 1.82) is 0 Å². The summed E-state index contributed by atoms with van der Waals surface area (Å²) in [5.74, 6) is -1.17. The average molecular weight is 248 g/mol. The second kappa shape index (κ2) is 4.97. The Labute approximate surface area is 103 Å². The standard InChI is InChI=1S/C12H12N2O4/c1-2-18-6-10(15)13-7-3-4-8-9(5-7)12(17)14-11(8)16/h3-5H,2,6H2,1H3,(H,13,15)(H,14,16,17). The van der Waals surface area contributed by atoms with Crippen LogP contribution in [0.2, 0.25) is 0 Å². The highest BCUT2D eigenvalue weighted by Gasteiger charge is 2.26. The van der Waals surface area contributed by atoms with Crippen molar-refractivity contribution in [2.75, 3.05) is 18.5 Å². The summed E-state index contributed by atoms with van der Waals surface area (Å²) in [4.78, 5) is 34.1. The summed E-state index contributed by atoms with van der Waals surface area (Å²) >= 11 is 0. The van der Waals surface area contributed by atoms with Gasteiger partial charge in [0.1, 0.15) is 6.61 Å². The molecule has 0 saturated heterocycles. The van der Waals surface area contributed by atoms with E-state index in [4.69, 9.17) is 4.74 Å². The first-order chi connectivity index (χ1) is 8.61. The number of amides is 3. The van der Waals surface area contributed by atoms with Crippen molar-refractivity contribution in [2.24, 2.45) is 0 Å². The second-order valence-corrected chi connectivity index (χ2v) is 3.73. The number of carbonyl (C=O) groups is 3. The van der Waals surface area contributed by atoms with Gasteiger partial charge in [-0.15, -0.1) is 0 Å². The van der Waals surface area contributed by atoms with E-state index in [-0.39, 0.29) is 18.1 Å². The fourth-order valence-corrected chi connectivity index (χ4v) is 1.64. The van der Waals surface area contributed by atoms with Crippen molar-refractivity contribution < 1.29 is 19.1 Å². The topological polar surface area (TPSA) is 84.5 Å². The number of rotatable bonds is 4. The Morgan fingerprint density at radius 2 is 2.00 bits per heavy atom. The van der Waals surface area contributed by atoms with Gasteiger partial charge in [0.25, 0.3) is 11.8 Å². The zero-order chi connectivity index (χ0) is 13.1. The van der Waals surface area contributed by atoms with Crippen LogP contribution in [0.15, 0.2) is 18.2 Å². The van der Waals surface area contributed by atoms with Crippen molar-refractivity contribution in [1.82, 2.24) is 5.32 Å². The molecule has 1 aromatic carbocycles. The Balaban J connectivity index is 2.13. The molecule has 0 aromatic heterocycles. The van der Waals surface area contributed by atoms with Gasteiger partial charge in [-0.25, -0.2) is 0 Å². The summed E-state index contributed by atoms with van der Waals surface area (Å²) < 4.78 is 4.95. The molecule has 2 rings (SSSR count). The molecule has 0 fully saturated rings. The van der Waals surface area contributed by atoms with E-state index in [0.29, 0.717) is 17.9 Å². The molecule has 1 aliphatic rings. The van der Waals surface area contributed by atoms with Crippen LogP contribution in [-0.2, 0) is 9.53 Å². The molecule has 0 atom stereocenters. The molecule has 94 valence electrons. The van der Waals surface area contributed by atoms with Gasteiger partial charge in [-0.1, -0.05) is 0 Å². The zero-order valence-electron chi connectivity index (χ0n) is 9.78. The highest BCUT2D eigenvalue weighted by molar-refractivity contribution is 6.22. The maximum Gasteiger partial charge on any atom is 0.259 e. The third kappa shape index (κ3) is 2.38. The molecule has 0 unspecified atom stereocenters. The van der Waals surface area contributed by atoms with Gasteiger partial charge in [-0.3, -0.25) is 19.7 Å². The SMILES string of the molecule is CCOCC(=O)Nc1ccc2c(c1)C(=O)NC2=O. The molecule has 1 aliphatic heterocycles. The minimum Gasteiger partial charge on any atom is -0.372 e. The molecule has 0 aliphatic carbocycles. The fourth-order valence-electron chi connectivity index (χ4n) is 1.64. The molecule has 6 heteroatoms.